The Hall–Kier alpha value is -1.07. The van der Waals surface area contributed by atoms with Crippen LogP contribution in [0.5, 0.6) is 0 Å². The van der Waals surface area contributed by atoms with E-state index in [0.29, 0.717) is 38.8 Å². The number of sulfonamides is 1. The van der Waals surface area contributed by atoms with E-state index in [0.717, 1.165) is 6.26 Å². The molecular formula is C17H30F3N3O4S. The summed E-state index contributed by atoms with van der Waals surface area (Å²) < 4.78 is 70.3. The lowest BCUT2D eigenvalue weighted by Crippen LogP contribution is -2.60. The SMILES string of the molecule is CCNC(=O)N1CCC[C@H](NS(C)(=O)=O)[C@@H]1CO[C@H]1CC[C@@H](C(F)(F)F)CC1. The van der Waals surface area contributed by atoms with Crippen molar-refractivity contribution < 1.29 is 31.1 Å². The molecule has 0 aromatic rings. The highest BCUT2D eigenvalue weighted by atomic mass is 32.2. The van der Waals surface area contributed by atoms with Crippen molar-refractivity contribution >= 4 is 16.1 Å². The highest BCUT2D eigenvalue weighted by molar-refractivity contribution is 7.88. The number of ether oxygens (including phenoxy) is 1. The Balaban J connectivity index is 2.00. The fraction of sp³-hybridized carbons (Fsp3) is 0.941. The molecule has 2 atom stereocenters. The van der Waals surface area contributed by atoms with Gasteiger partial charge in [-0.3, -0.25) is 0 Å². The zero-order valence-corrected chi connectivity index (χ0v) is 17.1. The van der Waals surface area contributed by atoms with E-state index in [9.17, 15) is 26.4 Å². The highest BCUT2D eigenvalue weighted by Crippen LogP contribution is 2.38. The number of hydrogen-bond donors (Lipinski definition) is 2. The van der Waals surface area contributed by atoms with Gasteiger partial charge in [-0.25, -0.2) is 17.9 Å². The van der Waals surface area contributed by atoms with Gasteiger partial charge in [0, 0.05) is 19.1 Å². The van der Waals surface area contributed by atoms with Crippen molar-refractivity contribution in [1.82, 2.24) is 14.9 Å². The van der Waals surface area contributed by atoms with E-state index in [4.69, 9.17) is 4.74 Å². The quantitative estimate of drug-likeness (QED) is 0.678. The van der Waals surface area contributed by atoms with Crippen LogP contribution in [0.1, 0.15) is 45.4 Å². The summed E-state index contributed by atoms with van der Waals surface area (Å²) >= 11 is 0. The third-order valence-electron chi connectivity index (χ3n) is 5.37. The molecule has 1 aliphatic carbocycles. The molecule has 7 nitrogen and oxygen atoms in total. The summed E-state index contributed by atoms with van der Waals surface area (Å²) in [5.74, 6) is -1.28. The standard InChI is InChI=1S/C17H30F3N3O4S/c1-3-21-16(24)23-10-4-5-14(22-28(2,25)26)15(23)11-27-13-8-6-12(7-9-13)17(18,19)20/h12-15,22H,3-11H2,1-2H3,(H,21,24)/t12-,13+,14-,15-/m0/s1. The maximum Gasteiger partial charge on any atom is 0.391 e. The molecule has 1 aliphatic heterocycles. The number of carbonyl (C=O) groups excluding carboxylic acids is 1. The van der Waals surface area contributed by atoms with Crippen LogP contribution >= 0.6 is 0 Å². The molecule has 1 saturated carbocycles. The van der Waals surface area contributed by atoms with Crippen molar-refractivity contribution in [1.29, 1.82) is 0 Å². The lowest BCUT2D eigenvalue weighted by molar-refractivity contribution is -0.188. The Morgan fingerprint density at radius 3 is 2.36 bits per heavy atom. The number of hydrogen-bond acceptors (Lipinski definition) is 4. The van der Waals surface area contributed by atoms with Gasteiger partial charge in [-0.2, -0.15) is 13.2 Å². The van der Waals surface area contributed by atoms with Crippen LogP contribution in [0.3, 0.4) is 0 Å². The number of urea groups is 1. The molecule has 1 saturated heterocycles. The Kier molecular flexibility index (Phi) is 7.97. The first-order valence-corrected chi connectivity index (χ1v) is 11.6. The van der Waals surface area contributed by atoms with E-state index in [1.54, 1.807) is 11.8 Å². The van der Waals surface area contributed by atoms with Crippen LogP contribution < -0.4 is 10.0 Å². The van der Waals surface area contributed by atoms with Crippen LogP contribution in [-0.4, -0.2) is 69.7 Å². The first kappa shape index (κ1) is 23.2. The van der Waals surface area contributed by atoms with E-state index in [1.165, 1.54) is 0 Å². The number of carbonyl (C=O) groups is 1. The van der Waals surface area contributed by atoms with Gasteiger partial charge in [0.05, 0.1) is 30.9 Å². The third kappa shape index (κ3) is 6.77. The lowest BCUT2D eigenvalue weighted by atomic mass is 9.87. The minimum atomic E-state index is -4.17. The van der Waals surface area contributed by atoms with Gasteiger partial charge in [-0.1, -0.05) is 0 Å². The van der Waals surface area contributed by atoms with Gasteiger partial charge in [0.1, 0.15) is 0 Å². The number of amides is 2. The number of nitrogens with zero attached hydrogens (tertiary/aromatic N) is 1. The second-order valence-corrected chi connectivity index (χ2v) is 9.36. The molecule has 1 heterocycles. The molecule has 2 amide bonds. The highest BCUT2D eigenvalue weighted by Gasteiger charge is 2.42. The molecule has 11 heteroatoms. The molecular weight excluding hydrogens is 399 g/mol. The zero-order chi connectivity index (χ0) is 20.9. The Morgan fingerprint density at radius 1 is 1.18 bits per heavy atom. The Bertz CT molecular complexity index is 622. The lowest BCUT2D eigenvalue weighted by Gasteiger charge is -2.42. The smallest absolute Gasteiger partial charge is 0.376 e. The maximum atomic E-state index is 12.8. The molecule has 0 radical (unpaired) electrons. The van der Waals surface area contributed by atoms with E-state index in [-0.39, 0.29) is 31.6 Å². The van der Waals surface area contributed by atoms with E-state index in [2.05, 4.69) is 10.0 Å². The number of rotatable bonds is 6. The number of nitrogens with one attached hydrogen (secondary N) is 2. The summed E-state index contributed by atoms with van der Waals surface area (Å²) in [6, 6.07) is -1.29. The van der Waals surface area contributed by atoms with Crippen LogP contribution in [0, 0.1) is 5.92 Å². The average molecular weight is 430 g/mol. The van der Waals surface area contributed by atoms with Gasteiger partial charge in [0.2, 0.25) is 10.0 Å². The summed E-state index contributed by atoms with van der Waals surface area (Å²) in [5, 5.41) is 2.72. The van der Waals surface area contributed by atoms with Gasteiger partial charge in [-0.05, 0) is 45.4 Å². The first-order valence-electron chi connectivity index (χ1n) is 9.71. The molecule has 0 aromatic carbocycles. The third-order valence-corrected chi connectivity index (χ3v) is 6.10. The summed E-state index contributed by atoms with van der Waals surface area (Å²) in [5.41, 5.74) is 0. The molecule has 2 rings (SSSR count). The topological polar surface area (TPSA) is 87.7 Å². The largest absolute Gasteiger partial charge is 0.391 e. The van der Waals surface area contributed by atoms with Crippen LogP contribution in [0.15, 0.2) is 0 Å². The van der Waals surface area contributed by atoms with E-state index < -0.39 is 34.2 Å². The molecule has 2 fully saturated rings. The molecule has 0 aromatic heterocycles. The minimum absolute atomic E-state index is 0.0316. The fourth-order valence-electron chi connectivity index (χ4n) is 3.97. The summed E-state index contributed by atoms with van der Waals surface area (Å²) in [4.78, 5) is 13.9. The summed E-state index contributed by atoms with van der Waals surface area (Å²) in [6.45, 7) is 2.79. The van der Waals surface area contributed by atoms with Crippen molar-refractivity contribution in [3.63, 3.8) is 0 Å². The first-order chi connectivity index (χ1) is 13.0. The Morgan fingerprint density at radius 2 is 1.82 bits per heavy atom. The molecule has 164 valence electrons. The second-order valence-electron chi connectivity index (χ2n) is 7.58. The minimum Gasteiger partial charge on any atom is -0.376 e. The summed E-state index contributed by atoms with van der Waals surface area (Å²) in [6.07, 6.45) is -1.52. The molecule has 2 N–H and O–H groups in total. The summed E-state index contributed by atoms with van der Waals surface area (Å²) in [7, 11) is -3.47. The number of piperidine rings is 1. The van der Waals surface area contributed by atoms with Gasteiger partial charge < -0.3 is 15.0 Å². The van der Waals surface area contributed by atoms with E-state index in [1.807, 2.05) is 0 Å². The van der Waals surface area contributed by atoms with Crippen LogP contribution in [0.4, 0.5) is 18.0 Å². The van der Waals surface area contributed by atoms with Crippen LogP contribution in [0.2, 0.25) is 0 Å². The van der Waals surface area contributed by atoms with Crippen molar-refractivity contribution in [3.05, 3.63) is 0 Å². The van der Waals surface area contributed by atoms with Gasteiger partial charge in [-0.15, -0.1) is 0 Å². The normalized spacial score (nSPS) is 29.5. The van der Waals surface area contributed by atoms with Gasteiger partial charge >= 0.3 is 12.2 Å². The molecule has 2 aliphatic rings. The number of halogens is 3. The van der Waals surface area contributed by atoms with E-state index >= 15 is 0 Å². The average Bonchev–Trinajstić information content (AvgIpc) is 2.59. The van der Waals surface area contributed by atoms with Crippen molar-refractivity contribution in [3.8, 4) is 0 Å². The fourth-order valence-corrected chi connectivity index (χ4v) is 4.80. The number of alkyl halides is 3. The molecule has 0 unspecified atom stereocenters. The predicted molar refractivity (Wildman–Crippen MR) is 98.3 cm³/mol. The maximum absolute atomic E-state index is 12.8. The molecule has 0 spiro atoms. The van der Waals surface area contributed by atoms with Gasteiger partial charge in [0.25, 0.3) is 0 Å². The van der Waals surface area contributed by atoms with Crippen molar-refractivity contribution in [2.45, 2.75) is 69.8 Å². The Labute approximate surface area is 164 Å². The molecule has 0 bridgehead atoms. The van der Waals surface area contributed by atoms with Crippen molar-refractivity contribution in [2.24, 2.45) is 5.92 Å². The van der Waals surface area contributed by atoms with Crippen LogP contribution in [-0.2, 0) is 14.8 Å². The second kappa shape index (κ2) is 9.62. The van der Waals surface area contributed by atoms with Crippen LogP contribution in [0.25, 0.3) is 0 Å². The zero-order valence-electron chi connectivity index (χ0n) is 16.3. The van der Waals surface area contributed by atoms with Gasteiger partial charge in [0.15, 0.2) is 0 Å². The predicted octanol–water partition coefficient (Wildman–Crippen LogP) is 2.24. The molecule has 28 heavy (non-hydrogen) atoms. The number of likely N-dealkylation sites (tertiary alicyclic amines) is 1. The van der Waals surface area contributed by atoms with Crippen molar-refractivity contribution in [2.75, 3.05) is 26.0 Å². The monoisotopic (exact) mass is 429 g/mol.